The number of aliphatic hydroxyl groups excluding tert-OH is 1. The Balaban J connectivity index is 1.80. The number of amides is 1. The van der Waals surface area contributed by atoms with Gasteiger partial charge in [-0.05, 0) is 43.2 Å². The quantitative estimate of drug-likeness (QED) is 0.502. The molecule has 1 saturated carbocycles. The summed E-state index contributed by atoms with van der Waals surface area (Å²) in [4.78, 5) is 17.8. The molecule has 1 amide bonds. The van der Waals surface area contributed by atoms with Crippen molar-refractivity contribution in [3.05, 3.63) is 63.4 Å². The van der Waals surface area contributed by atoms with E-state index in [9.17, 15) is 9.90 Å². The van der Waals surface area contributed by atoms with Crippen LogP contribution in [-0.4, -0.2) is 32.7 Å². The number of benzene rings is 2. The topological polar surface area (TPSA) is 67.2 Å². The van der Waals surface area contributed by atoms with Gasteiger partial charge in [-0.1, -0.05) is 59.8 Å². The lowest BCUT2D eigenvalue weighted by Gasteiger charge is -2.28. The molecule has 0 bridgehead atoms. The minimum atomic E-state index is -0.543. The first-order valence-electron chi connectivity index (χ1n) is 10.1. The maximum atomic E-state index is 13.1. The Bertz CT molecular complexity index is 1110. The van der Waals surface area contributed by atoms with Crippen LogP contribution in [0.5, 0.6) is 0 Å². The maximum absolute atomic E-state index is 13.1. The summed E-state index contributed by atoms with van der Waals surface area (Å²) in [6.45, 7) is 0. The third-order valence-corrected chi connectivity index (χ3v) is 6.45. The summed E-state index contributed by atoms with van der Waals surface area (Å²) in [7, 11) is 1.79. The van der Waals surface area contributed by atoms with Crippen molar-refractivity contribution in [3.8, 4) is 22.5 Å². The fourth-order valence-electron chi connectivity index (χ4n) is 4.02. The third-order valence-electron chi connectivity index (χ3n) is 5.65. The molecule has 31 heavy (non-hydrogen) atoms. The van der Waals surface area contributed by atoms with Gasteiger partial charge in [-0.3, -0.25) is 4.79 Å². The molecule has 4 rings (SSSR count). The van der Waals surface area contributed by atoms with E-state index in [4.69, 9.17) is 34.8 Å². The van der Waals surface area contributed by atoms with Gasteiger partial charge in [0.15, 0.2) is 5.82 Å². The van der Waals surface area contributed by atoms with E-state index in [0.717, 1.165) is 30.5 Å². The maximum Gasteiger partial charge on any atom is 0.287 e. The van der Waals surface area contributed by atoms with Crippen LogP contribution in [0.15, 0.2) is 42.5 Å². The van der Waals surface area contributed by atoms with Gasteiger partial charge in [-0.25, -0.2) is 4.98 Å². The highest BCUT2D eigenvalue weighted by molar-refractivity contribution is 6.36. The molecule has 0 spiro atoms. The lowest BCUT2D eigenvalue weighted by Crippen LogP contribution is -2.45. The molecule has 1 fully saturated rings. The van der Waals surface area contributed by atoms with Gasteiger partial charge >= 0.3 is 0 Å². The molecule has 0 aliphatic heterocycles. The summed E-state index contributed by atoms with van der Waals surface area (Å²) in [6, 6.07) is 12.2. The average molecular weight is 479 g/mol. The van der Waals surface area contributed by atoms with Crippen LogP contribution in [0.2, 0.25) is 15.1 Å². The summed E-state index contributed by atoms with van der Waals surface area (Å²) >= 11 is 18.6. The lowest BCUT2D eigenvalue weighted by atomic mass is 9.92. The number of hydrogen-bond donors (Lipinski definition) is 2. The van der Waals surface area contributed by atoms with Gasteiger partial charge in [0.05, 0.1) is 28.6 Å². The van der Waals surface area contributed by atoms with Crippen molar-refractivity contribution < 1.29 is 9.90 Å². The lowest BCUT2D eigenvalue weighted by molar-refractivity contribution is 0.0708. The van der Waals surface area contributed by atoms with Crippen LogP contribution in [0, 0.1) is 0 Å². The minimum absolute atomic E-state index is 0.240. The number of nitrogens with zero attached hydrogens (tertiary/aromatic N) is 2. The molecule has 162 valence electrons. The summed E-state index contributed by atoms with van der Waals surface area (Å²) in [5.74, 6) is -0.0938. The molecule has 0 unspecified atom stereocenters. The molecular weight excluding hydrogens is 457 g/mol. The van der Waals surface area contributed by atoms with Gasteiger partial charge in [0, 0.05) is 28.2 Å². The second-order valence-electron chi connectivity index (χ2n) is 7.75. The van der Waals surface area contributed by atoms with Gasteiger partial charge in [0.1, 0.15) is 0 Å². The number of imidazole rings is 1. The molecule has 8 heteroatoms. The number of rotatable bonds is 4. The zero-order valence-corrected chi connectivity index (χ0v) is 19.2. The van der Waals surface area contributed by atoms with E-state index >= 15 is 0 Å². The molecule has 1 heterocycles. The molecule has 5 nitrogen and oxygen atoms in total. The SMILES string of the molecule is Cn1c(C(=O)N[C@@H]2CCCC[C@H]2O)nc(-c2ccc(Cl)cc2Cl)c1-c1ccc(Cl)cc1. The number of nitrogens with one attached hydrogen (secondary N) is 1. The van der Waals surface area contributed by atoms with Crippen LogP contribution < -0.4 is 5.32 Å². The van der Waals surface area contributed by atoms with Crippen molar-refractivity contribution in [2.75, 3.05) is 0 Å². The van der Waals surface area contributed by atoms with Crippen molar-refractivity contribution in [1.82, 2.24) is 14.9 Å². The van der Waals surface area contributed by atoms with Crippen molar-refractivity contribution in [1.29, 1.82) is 0 Å². The van der Waals surface area contributed by atoms with Crippen molar-refractivity contribution in [2.24, 2.45) is 7.05 Å². The normalized spacial score (nSPS) is 18.7. The Morgan fingerprint density at radius 1 is 1.06 bits per heavy atom. The Kier molecular flexibility index (Phi) is 6.58. The van der Waals surface area contributed by atoms with Gasteiger partial charge in [0.25, 0.3) is 5.91 Å². The molecule has 1 aliphatic carbocycles. The van der Waals surface area contributed by atoms with E-state index in [2.05, 4.69) is 10.3 Å². The zero-order chi connectivity index (χ0) is 22.1. The fraction of sp³-hybridized carbons (Fsp3) is 0.304. The van der Waals surface area contributed by atoms with Crippen LogP contribution in [0.4, 0.5) is 0 Å². The molecule has 2 aromatic carbocycles. The van der Waals surface area contributed by atoms with Gasteiger partial charge < -0.3 is 15.0 Å². The number of aliphatic hydroxyl groups is 1. The first-order chi connectivity index (χ1) is 14.8. The van der Waals surface area contributed by atoms with Gasteiger partial charge in [0.2, 0.25) is 0 Å². The monoisotopic (exact) mass is 477 g/mol. The van der Waals surface area contributed by atoms with E-state index in [0.29, 0.717) is 32.7 Å². The minimum Gasteiger partial charge on any atom is -0.391 e. The third kappa shape index (κ3) is 4.60. The molecule has 0 radical (unpaired) electrons. The number of hydrogen-bond acceptors (Lipinski definition) is 3. The van der Waals surface area contributed by atoms with E-state index < -0.39 is 6.10 Å². The summed E-state index contributed by atoms with van der Waals surface area (Å²) < 4.78 is 1.74. The standard InChI is InChI=1S/C23H22Cl3N3O2/c1-29-21(13-6-8-14(24)9-7-13)20(16-11-10-15(25)12-17(16)26)28-22(29)23(31)27-18-4-2-3-5-19(18)30/h6-12,18-19,30H,2-5H2,1H3,(H,27,31)/t18-,19-/m1/s1. The van der Waals surface area contributed by atoms with Crippen molar-refractivity contribution in [2.45, 2.75) is 37.8 Å². The summed E-state index contributed by atoms with van der Waals surface area (Å²) in [6.07, 6.45) is 2.84. The summed E-state index contributed by atoms with van der Waals surface area (Å²) in [5, 5.41) is 14.8. The molecule has 2 N–H and O–H groups in total. The van der Waals surface area contributed by atoms with Crippen LogP contribution in [-0.2, 0) is 7.05 Å². The highest BCUT2D eigenvalue weighted by Crippen LogP contribution is 2.37. The number of aromatic nitrogens is 2. The van der Waals surface area contributed by atoms with E-state index in [-0.39, 0.29) is 17.8 Å². The number of carbonyl (C=O) groups excluding carboxylic acids is 1. The molecular formula is C23H22Cl3N3O2. The van der Waals surface area contributed by atoms with E-state index in [1.807, 2.05) is 12.1 Å². The predicted molar refractivity (Wildman–Crippen MR) is 125 cm³/mol. The van der Waals surface area contributed by atoms with Crippen molar-refractivity contribution >= 4 is 40.7 Å². The molecule has 2 atom stereocenters. The second kappa shape index (κ2) is 9.21. The molecule has 3 aromatic rings. The summed E-state index contributed by atoms with van der Waals surface area (Å²) in [5.41, 5.74) is 2.82. The second-order valence-corrected chi connectivity index (χ2v) is 9.03. The van der Waals surface area contributed by atoms with Gasteiger partial charge in [-0.2, -0.15) is 0 Å². The van der Waals surface area contributed by atoms with Crippen LogP contribution in [0.1, 0.15) is 36.3 Å². The fourth-order valence-corrected chi connectivity index (χ4v) is 4.65. The Morgan fingerprint density at radius 3 is 2.42 bits per heavy atom. The molecule has 1 aliphatic rings. The Labute approximate surface area is 196 Å². The Hall–Kier alpha value is -2.05. The van der Waals surface area contributed by atoms with Crippen LogP contribution in [0.25, 0.3) is 22.5 Å². The zero-order valence-electron chi connectivity index (χ0n) is 16.9. The molecule has 0 saturated heterocycles. The molecule has 1 aromatic heterocycles. The van der Waals surface area contributed by atoms with Crippen LogP contribution >= 0.6 is 34.8 Å². The average Bonchev–Trinajstić information content (AvgIpc) is 3.07. The smallest absolute Gasteiger partial charge is 0.287 e. The first-order valence-corrected chi connectivity index (χ1v) is 11.3. The Morgan fingerprint density at radius 2 is 1.74 bits per heavy atom. The van der Waals surface area contributed by atoms with E-state index in [1.54, 1.807) is 41.9 Å². The van der Waals surface area contributed by atoms with Crippen LogP contribution in [0.3, 0.4) is 0 Å². The highest BCUT2D eigenvalue weighted by atomic mass is 35.5. The first kappa shape index (κ1) is 22.2. The van der Waals surface area contributed by atoms with Gasteiger partial charge in [-0.15, -0.1) is 0 Å². The largest absolute Gasteiger partial charge is 0.391 e. The number of halogens is 3. The number of carbonyl (C=O) groups is 1. The predicted octanol–water partition coefficient (Wildman–Crippen LogP) is 5.75. The highest BCUT2D eigenvalue weighted by Gasteiger charge is 2.28. The van der Waals surface area contributed by atoms with Crippen molar-refractivity contribution in [3.63, 3.8) is 0 Å². The van der Waals surface area contributed by atoms with E-state index in [1.165, 1.54) is 0 Å².